The van der Waals surface area contributed by atoms with E-state index in [9.17, 15) is 0 Å². The van der Waals surface area contributed by atoms with Gasteiger partial charge < -0.3 is 10.3 Å². The molecule has 2 nitrogen and oxygen atoms in total. The van der Waals surface area contributed by atoms with Crippen LogP contribution in [0.1, 0.15) is 62.2 Å². The van der Waals surface area contributed by atoms with Crippen LogP contribution in [-0.2, 0) is 11.8 Å². The Balaban J connectivity index is 2.05. The Labute approximate surface area is 128 Å². The molecule has 0 fully saturated rings. The summed E-state index contributed by atoms with van der Waals surface area (Å²) in [6.45, 7) is 8.94. The van der Waals surface area contributed by atoms with Crippen LogP contribution >= 0.6 is 0 Å². The molecule has 0 aliphatic heterocycles. The Bertz CT molecular complexity index is 641. The maximum atomic E-state index is 6.27. The van der Waals surface area contributed by atoms with Crippen molar-refractivity contribution in [2.75, 3.05) is 0 Å². The molecular formula is C19H26N2. The van der Waals surface area contributed by atoms with Gasteiger partial charge in [0.25, 0.3) is 0 Å². The molecule has 1 aromatic heterocycles. The molecular weight excluding hydrogens is 256 g/mol. The van der Waals surface area contributed by atoms with E-state index in [1.807, 2.05) is 0 Å². The Morgan fingerprint density at radius 1 is 1.14 bits per heavy atom. The summed E-state index contributed by atoms with van der Waals surface area (Å²) in [7, 11) is 0. The highest BCUT2D eigenvalue weighted by molar-refractivity contribution is 5.45. The Morgan fingerprint density at radius 2 is 1.81 bits per heavy atom. The minimum absolute atomic E-state index is 0.200. The van der Waals surface area contributed by atoms with E-state index in [4.69, 9.17) is 5.73 Å². The monoisotopic (exact) mass is 282 g/mol. The molecule has 3 rings (SSSR count). The lowest BCUT2D eigenvalue weighted by molar-refractivity contribution is 0.559. The Hall–Kier alpha value is -1.54. The van der Waals surface area contributed by atoms with Crippen molar-refractivity contribution < 1.29 is 0 Å². The molecule has 0 radical (unpaired) electrons. The fourth-order valence-electron chi connectivity index (χ4n) is 3.41. The number of benzene rings is 1. The van der Waals surface area contributed by atoms with Gasteiger partial charge in [-0.1, -0.05) is 32.9 Å². The summed E-state index contributed by atoms with van der Waals surface area (Å²) >= 11 is 0. The van der Waals surface area contributed by atoms with Crippen molar-refractivity contribution in [3.8, 4) is 5.69 Å². The lowest BCUT2D eigenvalue weighted by atomic mass is 9.87. The van der Waals surface area contributed by atoms with Crippen LogP contribution in [0.5, 0.6) is 0 Å². The van der Waals surface area contributed by atoms with Crippen LogP contribution in [0.15, 0.2) is 30.3 Å². The molecule has 1 aromatic carbocycles. The standard InChI is InChI=1S/C19H26N2/c1-13-12-16-17(20)6-5-7-18(16)21(13)15-10-8-14(9-11-15)19(2,3)4/h8-12,17H,5-7,20H2,1-4H3. The smallest absolute Gasteiger partial charge is 0.0455 e. The van der Waals surface area contributed by atoms with Gasteiger partial charge in [-0.2, -0.15) is 0 Å². The van der Waals surface area contributed by atoms with E-state index in [2.05, 4.69) is 62.6 Å². The molecule has 1 unspecified atom stereocenters. The van der Waals surface area contributed by atoms with Crippen molar-refractivity contribution in [2.24, 2.45) is 5.73 Å². The second kappa shape index (κ2) is 5.03. The van der Waals surface area contributed by atoms with Gasteiger partial charge in [-0.3, -0.25) is 0 Å². The SMILES string of the molecule is Cc1cc2c(n1-c1ccc(C(C)(C)C)cc1)CCCC2N. The summed E-state index contributed by atoms with van der Waals surface area (Å²) < 4.78 is 2.39. The molecule has 0 bridgehead atoms. The van der Waals surface area contributed by atoms with Gasteiger partial charge in [0.15, 0.2) is 0 Å². The predicted molar refractivity (Wildman–Crippen MR) is 89.1 cm³/mol. The maximum Gasteiger partial charge on any atom is 0.0455 e. The van der Waals surface area contributed by atoms with Gasteiger partial charge in [-0.25, -0.2) is 0 Å². The highest BCUT2D eigenvalue weighted by Gasteiger charge is 2.23. The van der Waals surface area contributed by atoms with Gasteiger partial charge in [-0.05, 0) is 60.9 Å². The number of hydrogen-bond donors (Lipinski definition) is 1. The maximum absolute atomic E-state index is 6.27. The van der Waals surface area contributed by atoms with Crippen LogP contribution in [0, 0.1) is 6.92 Å². The summed E-state index contributed by atoms with van der Waals surface area (Å²) in [6, 6.07) is 11.5. The molecule has 1 aliphatic carbocycles. The first-order chi connectivity index (χ1) is 9.88. The quantitative estimate of drug-likeness (QED) is 0.824. The third-order valence-electron chi connectivity index (χ3n) is 4.64. The molecule has 0 saturated carbocycles. The van der Waals surface area contributed by atoms with Crippen LogP contribution in [0.2, 0.25) is 0 Å². The van der Waals surface area contributed by atoms with E-state index in [1.54, 1.807) is 0 Å². The summed E-state index contributed by atoms with van der Waals surface area (Å²) in [5.41, 5.74) is 13.2. The van der Waals surface area contributed by atoms with E-state index in [0.29, 0.717) is 0 Å². The van der Waals surface area contributed by atoms with Gasteiger partial charge >= 0.3 is 0 Å². The fourth-order valence-corrected chi connectivity index (χ4v) is 3.41. The second-order valence-corrected chi connectivity index (χ2v) is 7.32. The first-order valence-electron chi connectivity index (χ1n) is 7.95. The number of nitrogens with two attached hydrogens (primary N) is 1. The highest BCUT2D eigenvalue weighted by Crippen LogP contribution is 2.33. The number of aryl methyl sites for hydroxylation is 1. The molecule has 0 spiro atoms. The number of fused-ring (bicyclic) bond motifs is 1. The zero-order valence-corrected chi connectivity index (χ0v) is 13.6. The zero-order chi connectivity index (χ0) is 15.2. The van der Waals surface area contributed by atoms with E-state index in [0.717, 1.165) is 12.8 Å². The molecule has 0 amide bonds. The van der Waals surface area contributed by atoms with Crippen molar-refractivity contribution >= 4 is 0 Å². The topological polar surface area (TPSA) is 30.9 Å². The first kappa shape index (κ1) is 14.4. The van der Waals surface area contributed by atoms with Crippen molar-refractivity contribution in [2.45, 2.75) is 58.4 Å². The van der Waals surface area contributed by atoms with E-state index in [1.165, 1.54) is 34.6 Å². The van der Waals surface area contributed by atoms with Crippen LogP contribution in [0.25, 0.3) is 5.69 Å². The molecule has 1 atom stereocenters. The van der Waals surface area contributed by atoms with Crippen molar-refractivity contribution in [1.82, 2.24) is 4.57 Å². The predicted octanol–water partition coefficient (Wildman–Crippen LogP) is 4.42. The normalized spacial score (nSPS) is 18.6. The van der Waals surface area contributed by atoms with Gasteiger partial charge in [0.2, 0.25) is 0 Å². The average molecular weight is 282 g/mol. The van der Waals surface area contributed by atoms with E-state index in [-0.39, 0.29) is 11.5 Å². The molecule has 1 aliphatic rings. The zero-order valence-electron chi connectivity index (χ0n) is 13.6. The van der Waals surface area contributed by atoms with Gasteiger partial charge in [0.1, 0.15) is 0 Å². The fraction of sp³-hybridized carbons (Fsp3) is 0.474. The summed E-state index contributed by atoms with van der Waals surface area (Å²) in [4.78, 5) is 0. The lowest BCUT2D eigenvalue weighted by Gasteiger charge is -2.22. The molecule has 21 heavy (non-hydrogen) atoms. The molecule has 2 aromatic rings. The van der Waals surface area contributed by atoms with Crippen LogP contribution < -0.4 is 5.73 Å². The lowest BCUT2D eigenvalue weighted by Crippen LogP contribution is -2.18. The number of aromatic nitrogens is 1. The third kappa shape index (κ3) is 2.53. The van der Waals surface area contributed by atoms with E-state index < -0.39 is 0 Å². The van der Waals surface area contributed by atoms with Crippen LogP contribution in [0.3, 0.4) is 0 Å². The third-order valence-corrected chi connectivity index (χ3v) is 4.64. The largest absolute Gasteiger partial charge is 0.324 e. The molecule has 2 N–H and O–H groups in total. The van der Waals surface area contributed by atoms with Crippen LogP contribution in [-0.4, -0.2) is 4.57 Å². The molecule has 1 heterocycles. The van der Waals surface area contributed by atoms with Gasteiger partial charge in [-0.15, -0.1) is 0 Å². The highest BCUT2D eigenvalue weighted by atomic mass is 15.0. The van der Waals surface area contributed by atoms with Crippen molar-refractivity contribution in [1.29, 1.82) is 0 Å². The van der Waals surface area contributed by atoms with Gasteiger partial charge in [0.05, 0.1) is 0 Å². The van der Waals surface area contributed by atoms with E-state index >= 15 is 0 Å². The minimum Gasteiger partial charge on any atom is -0.324 e. The molecule has 2 heteroatoms. The average Bonchev–Trinajstić information content (AvgIpc) is 2.76. The Kier molecular flexibility index (Phi) is 3.45. The second-order valence-electron chi connectivity index (χ2n) is 7.32. The molecule has 0 saturated heterocycles. The minimum atomic E-state index is 0.200. The Morgan fingerprint density at radius 3 is 2.43 bits per heavy atom. The molecule has 112 valence electrons. The number of hydrogen-bond acceptors (Lipinski definition) is 1. The summed E-state index contributed by atoms with van der Waals surface area (Å²) in [6.07, 6.45) is 3.44. The number of rotatable bonds is 1. The van der Waals surface area contributed by atoms with Crippen molar-refractivity contribution in [3.05, 3.63) is 52.8 Å². The van der Waals surface area contributed by atoms with Crippen molar-refractivity contribution in [3.63, 3.8) is 0 Å². The summed E-state index contributed by atoms with van der Waals surface area (Å²) in [5, 5.41) is 0. The number of nitrogens with zero attached hydrogens (tertiary/aromatic N) is 1. The first-order valence-corrected chi connectivity index (χ1v) is 7.95. The van der Waals surface area contributed by atoms with Gasteiger partial charge in [0, 0.05) is 23.1 Å². The van der Waals surface area contributed by atoms with Crippen LogP contribution in [0.4, 0.5) is 0 Å². The summed E-state index contributed by atoms with van der Waals surface area (Å²) in [5.74, 6) is 0.